The molecule has 8 heteroatoms. The van der Waals surface area contributed by atoms with E-state index in [0.29, 0.717) is 12.1 Å². The molecule has 2 rings (SSSR count). The van der Waals surface area contributed by atoms with Gasteiger partial charge in [-0.2, -0.15) is 0 Å². The number of carbonyl (C=O) groups excluding carboxylic acids is 1. The summed E-state index contributed by atoms with van der Waals surface area (Å²) in [5.41, 5.74) is 1.39. The molecule has 1 atom stereocenters. The molecule has 1 aromatic heterocycles. The Morgan fingerprint density at radius 2 is 1.96 bits per heavy atom. The molecule has 1 heterocycles. The van der Waals surface area contributed by atoms with Gasteiger partial charge >= 0.3 is 0 Å². The quantitative estimate of drug-likeness (QED) is 0.822. The SMILES string of the molecule is CN(C)[C@H](CNC(=O)c1csc(S(N)(=O)=O)c1)c1ccccc1. The fourth-order valence-corrected chi connectivity index (χ4v) is 3.74. The van der Waals surface area contributed by atoms with E-state index in [4.69, 9.17) is 5.14 Å². The molecule has 2 aromatic rings. The van der Waals surface area contributed by atoms with Crippen molar-refractivity contribution in [1.82, 2.24) is 10.2 Å². The van der Waals surface area contributed by atoms with Gasteiger partial charge in [0.25, 0.3) is 5.91 Å². The van der Waals surface area contributed by atoms with E-state index >= 15 is 0 Å². The third-order valence-electron chi connectivity index (χ3n) is 3.38. The third kappa shape index (κ3) is 4.61. The van der Waals surface area contributed by atoms with Crippen LogP contribution >= 0.6 is 11.3 Å². The topological polar surface area (TPSA) is 92.5 Å². The normalized spacial score (nSPS) is 13.0. The Kier molecular flexibility index (Phi) is 5.53. The van der Waals surface area contributed by atoms with Crippen LogP contribution < -0.4 is 10.5 Å². The number of benzene rings is 1. The summed E-state index contributed by atoms with van der Waals surface area (Å²) in [6.45, 7) is 0.413. The summed E-state index contributed by atoms with van der Waals surface area (Å²) in [5.74, 6) is -0.320. The average Bonchev–Trinajstić information content (AvgIpc) is 2.98. The van der Waals surface area contributed by atoms with Crippen molar-refractivity contribution in [2.45, 2.75) is 10.3 Å². The Bertz CT molecular complexity index is 770. The summed E-state index contributed by atoms with van der Waals surface area (Å²) in [5, 5.41) is 9.37. The van der Waals surface area contributed by atoms with Crippen LogP contribution in [0.1, 0.15) is 22.0 Å². The number of amides is 1. The van der Waals surface area contributed by atoms with E-state index < -0.39 is 10.0 Å². The van der Waals surface area contributed by atoms with Gasteiger partial charge in [0.1, 0.15) is 4.21 Å². The highest BCUT2D eigenvalue weighted by atomic mass is 32.2. The van der Waals surface area contributed by atoms with Crippen molar-refractivity contribution in [1.29, 1.82) is 0 Å². The van der Waals surface area contributed by atoms with Gasteiger partial charge in [0.05, 0.1) is 11.6 Å². The van der Waals surface area contributed by atoms with Crippen LogP contribution in [0.4, 0.5) is 0 Å². The minimum absolute atomic E-state index is 0.0186. The standard InChI is InChI=1S/C15H19N3O3S2/c1-18(2)13(11-6-4-3-5-7-11)9-17-15(19)12-8-14(22-10-12)23(16,20)21/h3-8,10,13H,9H2,1-2H3,(H,17,19)(H2,16,20,21)/t13-/m1/s1. The maximum absolute atomic E-state index is 12.2. The molecule has 0 aliphatic heterocycles. The monoisotopic (exact) mass is 353 g/mol. The Hall–Kier alpha value is -1.74. The van der Waals surface area contributed by atoms with Crippen molar-refractivity contribution < 1.29 is 13.2 Å². The van der Waals surface area contributed by atoms with E-state index in [0.717, 1.165) is 16.9 Å². The van der Waals surface area contributed by atoms with E-state index in [9.17, 15) is 13.2 Å². The van der Waals surface area contributed by atoms with Crippen LogP contribution in [0, 0.1) is 0 Å². The molecule has 23 heavy (non-hydrogen) atoms. The molecule has 0 saturated carbocycles. The van der Waals surface area contributed by atoms with Crippen molar-refractivity contribution >= 4 is 27.3 Å². The predicted molar refractivity (Wildman–Crippen MR) is 90.9 cm³/mol. The highest BCUT2D eigenvalue weighted by Crippen LogP contribution is 2.20. The Morgan fingerprint density at radius 1 is 1.30 bits per heavy atom. The summed E-state index contributed by atoms with van der Waals surface area (Å²) < 4.78 is 22.5. The maximum atomic E-state index is 12.2. The van der Waals surface area contributed by atoms with Crippen molar-refractivity contribution in [3.05, 3.63) is 52.9 Å². The lowest BCUT2D eigenvalue weighted by atomic mass is 10.1. The van der Waals surface area contributed by atoms with Gasteiger partial charge in [0.2, 0.25) is 10.0 Å². The second-order valence-corrected chi connectivity index (χ2v) is 8.00. The largest absolute Gasteiger partial charge is 0.350 e. The average molecular weight is 353 g/mol. The van der Waals surface area contributed by atoms with Crippen LogP contribution in [0.25, 0.3) is 0 Å². The Morgan fingerprint density at radius 3 is 2.48 bits per heavy atom. The molecule has 0 spiro atoms. The predicted octanol–water partition coefficient (Wildman–Crippen LogP) is 1.43. The molecule has 0 unspecified atom stereocenters. The zero-order valence-electron chi connectivity index (χ0n) is 12.9. The summed E-state index contributed by atoms with van der Waals surface area (Å²) in [6.07, 6.45) is 0. The second-order valence-electron chi connectivity index (χ2n) is 5.30. The van der Waals surface area contributed by atoms with Crippen LogP contribution in [0.15, 0.2) is 46.0 Å². The van der Waals surface area contributed by atoms with Crippen LogP contribution in [-0.4, -0.2) is 39.9 Å². The van der Waals surface area contributed by atoms with Gasteiger partial charge in [-0.25, -0.2) is 13.6 Å². The number of sulfonamides is 1. The number of nitrogens with zero attached hydrogens (tertiary/aromatic N) is 1. The Balaban J connectivity index is 2.06. The number of hydrogen-bond acceptors (Lipinski definition) is 5. The van der Waals surface area contributed by atoms with E-state index in [1.807, 2.05) is 49.3 Å². The molecule has 3 N–H and O–H groups in total. The first-order valence-electron chi connectivity index (χ1n) is 6.90. The lowest BCUT2D eigenvalue weighted by Crippen LogP contribution is -2.34. The van der Waals surface area contributed by atoms with Crippen molar-refractivity contribution in [2.24, 2.45) is 5.14 Å². The molecule has 1 amide bonds. The maximum Gasteiger partial charge on any atom is 0.252 e. The van der Waals surface area contributed by atoms with E-state index in [2.05, 4.69) is 5.32 Å². The minimum Gasteiger partial charge on any atom is -0.350 e. The van der Waals surface area contributed by atoms with Gasteiger partial charge in [-0.05, 0) is 25.7 Å². The van der Waals surface area contributed by atoms with Gasteiger partial charge in [-0.3, -0.25) is 4.79 Å². The highest BCUT2D eigenvalue weighted by molar-refractivity contribution is 7.91. The van der Waals surface area contributed by atoms with Gasteiger partial charge in [0, 0.05) is 11.9 Å². The number of thiophene rings is 1. The van der Waals surface area contributed by atoms with Crippen molar-refractivity contribution in [3.63, 3.8) is 0 Å². The van der Waals surface area contributed by atoms with Gasteiger partial charge in [-0.1, -0.05) is 30.3 Å². The minimum atomic E-state index is -3.77. The smallest absolute Gasteiger partial charge is 0.252 e. The number of carbonyl (C=O) groups is 1. The first-order valence-corrected chi connectivity index (χ1v) is 9.32. The zero-order chi connectivity index (χ0) is 17.0. The Labute approximate surface area is 140 Å². The number of hydrogen-bond donors (Lipinski definition) is 2. The number of nitrogens with one attached hydrogen (secondary N) is 1. The molecule has 6 nitrogen and oxygen atoms in total. The summed E-state index contributed by atoms with van der Waals surface area (Å²) in [6, 6.07) is 11.2. The number of nitrogens with two attached hydrogens (primary N) is 1. The molecule has 1 aromatic carbocycles. The number of primary sulfonamides is 1. The molecular weight excluding hydrogens is 334 g/mol. The molecule has 0 aliphatic carbocycles. The molecule has 0 fully saturated rings. The van der Waals surface area contributed by atoms with Crippen molar-refractivity contribution in [2.75, 3.05) is 20.6 Å². The van der Waals surface area contributed by atoms with Crippen LogP contribution in [-0.2, 0) is 10.0 Å². The van der Waals surface area contributed by atoms with Gasteiger partial charge in [0.15, 0.2) is 0 Å². The lowest BCUT2D eigenvalue weighted by molar-refractivity contribution is 0.0942. The third-order valence-corrected chi connectivity index (χ3v) is 5.77. The molecule has 0 radical (unpaired) electrons. The first kappa shape index (κ1) is 17.6. The molecule has 0 bridgehead atoms. The van der Waals surface area contributed by atoms with E-state index in [1.165, 1.54) is 11.4 Å². The highest BCUT2D eigenvalue weighted by Gasteiger charge is 2.18. The van der Waals surface area contributed by atoms with Gasteiger partial charge in [-0.15, -0.1) is 11.3 Å². The number of rotatable bonds is 6. The van der Waals surface area contributed by atoms with Gasteiger partial charge < -0.3 is 10.2 Å². The summed E-state index contributed by atoms with van der Waals surface area (Å²) >= 11 is 0.938. The molecular formula is C15H19N3O3S2. The molecule has 0 aliphatic rings. The summed E-state index contributed by atoms with van der Waals surface area (Å²) in [4.78, 5) is 14.2. The van der Waals surface area contributed by atoms with Crippen LogP contribution in [0.5, 0.6) is 0 Å². The van der Waals surface area contributed by atoms with Crippen molar-refractivity contribution in [3.8, 4) is 0 Å². The first-order chi connectivity index (χ1) is 10.8. The fourth-order valence-electron chi connectivity index (χ4n) is 2.15. The number of likely N-dealkylation sites (N-methyl/N-ethyl adjacent to an activating group) is 1. The van der Waals surface area contributed by atoms with Crippen LogP contribution in [0.3, 0.4) is 0 Å². The second kappa shape index (κ2) is 7.22. The van der Waals surface area contributed by atoms with E-state index in [1.54, 1.807) is 0 Å². The van der Waals surface area contributed by atoms with E-state index in [-0.39, 0.29) is 16.2 Å². The van der Waals surface area contributed by atoms with Crippen LogP contribution in [0.2, 0.25) is 0 Å². The fraction of sp³-hybridized carbons (Fsp3) is 0.267. The zero-order valence-corrected chi connectivity index (χ0v) is 14.5. The summed E-state index contributed by atoms with van der Waals surface area (Å²) in [7, 11) is 0.103. The molecule has 124 valence electrons. The lowest BCUT2D eigenvalue weighted by Gasteiger charge is -2.25. The molecule has 0 saturated heterocycles.